The summed E-state index contributed by atoms with van der Waals surface area (Å²) in [7, 11) is 0. The lowest BCUT2D eigenvalue weighted by Gasteiger charge is -2.10. The van der Waals surface area contributed by atoms with Gasteiger partial charge in [-0.05, 0) is 5.41 Å². The van der Waals surface area contributed by atoms with Crippen molar-refractivity contribution in [3.63, 3.8) is 0 Å². The van der Waals surface area contributed by atoms with Crippen molar-refractivity contribution in [1.29, 1.82) is 5.26 Å². The Bertz CT molecular complexity index is 81.7. The minimum atomic E-state index is 0.189. The third-order valence-corrected chi connectivity index (χ3v) is 0.609. The van der Waals surface area contributed by atoms with Crippen LogP contribution in [0.2, 0.25) is 0 Å². The summed E-state index contributed by atoms with van der Waals surface area (Å²) in [5, 5.41) is 8.15. The summed E-state index contributed by atoms with van der Waals surface area (Å²) in [4.78, 5) is 0. The maximum absolute atomic E-state index is 8.15. The largest absolute Gasteiger partial charge is 0.198 e. The second-order valence-corrected chi connectivity index (χ2v) is 2.90. The lowest BCUT2D eigenvalue weighted by Crippen LogP contribution is -2.01. The van der Waals surface area contributed by atoms with Crippen LogP contribution in [0, 0.1) is 16.7 Å². The van der Waals surface area contributed by atoms with E-state index in [-0.39, 0.29) is 5.41 Å². The van der Waals surface area contributed by atoms with Crippen molar-refractivity contribution < 1.29 is 0 Å². The molecule has 0 spiro atoms. The Labute approximate surface area is 58.7 Å². The predicted octanol–water partition coefficient (Wildman–Crippen LogP) is 2.97. The van der Waals surface area contributed by atoms with E-state index >= 15 is 0 Å². The zero-order valence-electron chi connectivity index (χ0n) is 7.15. The molecule has 0 N–H and O–H groups in total. The van der Waals surface area contributed by atoms with Gasteiger partial charge in [0.15, 0.2) is 0 Å². The van der Waals surface area contributed by atoms with Gasteiger partial charge in [0, 0.05) is 6.42 Å². The summed E-state index contributed by atoms with van der Waals surface area (Å²) >= 11 is 0. The molecule has 0 aromatic rings. The summed E-state index contributed by atoms with van der Waals surface area (Å²) in [6.45, 7) is 10.2. The first-order valence-electron chi connectivity index (χ1n) is 3.43. The topological polar surface area (TPSA) is 23.8 Å². The maximum Gasteiger partial charge on any atom is 0.0627 e. The van der Waals surface area contributed by atoms with E-state index in [9.17, 15) is 0 Å². The Morgan fingerprint density at radius 2 is 1.56 bits per heavy atom. The number of rotatable bonds is 0. The lowest BCUT2D eigenvalue weighted by atomic mass is 9.93. The van der Waals surface area contributed by atoms with E-state index in [2.05, 4.69) is 26.8 Å². The van der Waals surface area contributed by atoms with Crippen LogP contribution in [0.4, 0.5) is 0 Å². The molecule has 0 aromatic heterocycles. The molecule has 0 aliphatic rings. The monoisotopic (exact) mass is 127 g/mol. The molecule has 0 aliphatic carbocycles. The van der Waals surface area contributed by atoms with Crippen LogP contribution in [0.15, 0.2) is 0 Å². The maximum atomic E-state index is 8.15. The molecule has 0 unspecified atom stereocenters. The highest BCUT2D eigenvalue weighted by molar-refractivity contribution is 4.78. The van der Waals surface area contributed by atoms with Crippen LogP contribution >= 0.6 is 0 Å². The Morgan fingerprint density at radius 3 is 1.56 bits per heavy atom. The van der Waals surface area contributed by atoms with Crippen molar-refractivity contribution in [1.82, 2.24) is 0 Å². The second-order valence-electron chi connectivity index (χ2n) is 2.90. The molecule has 0 saturated carbocycles. The summed E-state index contributed by atoms with van der Waals surface area (Å²) in [5.41, 5.74) is 0.189. The molecule has 54 valence electrons. The molecule has 1 nitrogen and oxygen atoms in total. The number of hydrogen-bond acceptors (Lipinski definition) is 1. The molecule has 0 saturated heterocycles. The highest BCUT2D eigenvalue weighted by atomic mass is 14.3. The molecule has 0 bridgehead atoms. The standard InChI is InChI=1S/C6H11N.C2H6/c1-6(2,3)4-5-7;1-2/h4H2,1-3H3;1-2H3. The van der Waals surface area contributed by atoms with Crippen molar-refractivity contribution in [2.75, 3.05) is 0 Å². The van der Waals surface area contributed by atoms with Gasteiger partial charge in [0.25, 0.3) is 0 Å². The van der Waals surface area contributed by atoms with Crippen LogP contribution in [0.25, 0.3) is 0 Å². The van der Waals surface area contributed by atoms with E-state index in [0.29, 0.717) is 6.42 Å². The van der Waals surface area contributed by atoms with E-state index in [0.717, 1.165) is 0 Å². The molecule has 0 heterocycles. The SMILES string of the molecule is CC.CC(C)(C)CC#N. The molecule has 0 aromatic carbocycles. The van der Waals surface area contributed by atoms with Crippen LogP contribution in [0.3, 0.4) is 0 Å². The molecule has 0 fully saturated rings. The molecular weight excluding hydrogens is 110 g/mol. The minimum Gasteiger partial charge on any atom is -0.198 e. The van der Waals surface area contributed by atoms with Crippen LogP contribution in [0.1, 0.15) is 41.0 Å². The Morgan fingerprint density at radius 1 is 1.22 bits per heavy atom. The van der Waals surface area contributed by atoms with E-state index < -0.39 is 0 Å². The Kier molecular flexibility index (Phi) is 7.07. The van der Waals surface area contributed by atoms with Gasteiger partial charge in [-0.1, -0.05) is 34.6 Å². The summed E-state index contributed by atoms with van der Waals surface area (Å²) in [6, 6.07) is 2.11. The molecule has 0 radical (unpaired) electrons. The van der Waals surface area contributed by atoms with Crippen LogP contribution in [-0.2, 0) is 0 Å². The van der Waals surface area contributed by atoms with Gasteiger partial charge in [-0.2, -0.15) is 5.26 Å². The Balaban J connectivity index is 0. The van der Waals surface area contributed by atoms with Crippen LogP contribution in [-0.4, -0.2) is 0 Å². The van der Waals surface area contributed by atoms with Crippen molar-refractivity contribution in [2.45, 2.75) is 41.0 Å². The van der Waals surface area contributed by atoms with Crippen molar-refractivity contribution >= 4 is 0 Å². The van der Waals surface area contributed by atoms with E-state index in [1.54, 1.807) is 0 Å². The number of nitrogens with zero attached hydrogens (tertiary/aromatic N) is 1. The van der Waals surface area contributed by atoms with Gasteiger partial charge < -0.3 is 0 Å². The van der Waals surface area contributed by atoms with Gasteiger partial charge in [-0.15, -0.1) is 0 Å². The smallest absolute Gasteiger partial charge is 0.0627 e. The zero-order valence-corrected chi connectivity index (χ0v) is 7.15. The first-order chi connectivity index (χ1) is 4.06. The van der Waals surface area contributed by atoms with E-state index in [1.165, 1.54) is 0 Å². The second kappa shape index (κ2) is 5.62. The van der Waals surface area contributed by atoms with Gasteiger partial charge in [0.05, 0.1) is 6.07 Å². The van der Waals surface area contributed by atoms with Crippen molar-refractivity contribution in [3.05, 3.63) is 0 Å². The third kappa shape index (κ3) is 18.5. The fourth-order valence-electron chi connectivity index (χ4n) is 0.237. The van der Waals surface area contributed by atoms with Crippen LogP contribution in [0.5, 0.6) is 0 Å². The number of nitriles is 1. The summed E-state index contributed by atoms with van der Waals surface area (Å²) in [5.74, 6) is 0. The highest BCUT2D eigenvalue weighted by Gasteiger charge is 2.07. The average molecular weight is 127 g/mol. The highest BCUT2D eigenvalue weighted by Crippen LogP contribution is 2.16. The minimum absolute atomic E-state index is 0.189. The molecule has 0 rings (SSSR count). The summed E-state index contributed by atoms with van der Waals surface area (Å²) in [6.07, 6.45) is 0.646. The van der Waals surface area contributed by atoms with Gasteiger partial charge >= 0.3 is 0 Å². The first kappa shape index (κ1) is 11.3. The lowest BCUT2D eigenvalue weighted by molar-refractivity contribution is 0.426. The van der Waals surface area contributed by atoms with Gasteiger partial charge in [-0.25, -0.2) is 0 Å². The average Bonchev–Trinajstić information content (AvgIpc) is 1.69. The summed E-state index contributed by atoms with van der Waals surface area (Å²) < 4.78 is 0. The third-order valence-electron chi connectivity index (χ3n) is 0.609. The first-order valence-corrected chi connectivity index (χ1v) is 3.43. The molecular formula is C8H17N. The van der Waals surface area contributed by atoms with Gasteiger partial charge in [-0.3, -0.25) is 0 Å². The molecule has 0 aliphatic heterocycles. The van der Waals surface area contributed by atoms with Gasteiger partial charge in [0.2, 0.25) is 0 Å². The molecule has 1 heteroatoms. The van der Waals surface area contributed by atoms with Crippen molar-refractivity contribution in [2.24, 2.45) is 5.41 Å². The molecule has 0 atom stereocenters. The zero-order chi connectivity index (χ0) is 7.91. The number of hydrogen-bond donors (Lipinski definition) is 0. The fourth-order valence-corrected chi connectivity index (χ4v) is 0.237. The van der Waals surface area contributed by atoms with Gasteiger partial charge in [0.1, 0.15) is 0 Å². The molecule has 0 amide bonds. The quantitative estimate of drug-likeness (QED) is 0.490. The predicted molar refractivity (Wildman–Crippen MR) is 41.0 cm³/mol. The normalized spacial score (nSPS) is 8.89. The Hall–Kier alpha value is -0.510. The van der Waals surface area contributed by atoms with E-state index in [4.69, 9.17) is 5.26 Å². The molecule has 9 heavy (non-hydrogen) atoms. The van der Waals surface area contributed by atoms with Crippen LogP contribution < -0.4 is 0 Å². The van der Waals surface area contributed by atoms with Crippen molar-refractivity contribution in [3.8, 4) is 6.07 Å². The fraction of sp³-hybridized carbons (Fsp3) is 0.875. The van der Waals surface area contributed by atoms with E-state index in [1.807, 2.05) is 13.8 Å².